The highest BCUT2D eigenvalue weighted by molar-refractivity contribution is 5.98. The van der Waals surface area contributed by atoms with Crippen molar-refractivity contribution in [1.82, 2.24) is 4.90 Å². The monoisotopic (exact) mass is 350 g/mol. The smallest absolute Gasteiger partial charge is 0.253 e. The molecule has 4 nitrogen and oxygen atoms in total. The third kappa shape index (κ3) is 3.64. The molecule has 0 aromatic heterocycles. The second-order valence-electron chi connectivity index (χ2n) is 6.82. The molecule has 2 amide bonds. The first-order valence-corrected chi connectivity index (χ1v) is 9.30. The molecule has 1 aliphatic heterocycles. The van der Waals surface area contributed by atoms with Gasteiger partial charge in [-0.2, -0.15) is 0 Å². The minimum absolute atomic E-state index is 0.00707. The van der Waals surface area contributed by atoms with Gasteiger partial charge in [-0.05, 0) is 47.7 Å². The Balaban J connectivity index is 1.72. The van der Waals surface area contributed by atoms with Gasteiger partial charge >= 0.3 is 0 Å². The lowest BCUT2D eigenvalue weighted by molar-refractivity contribution is -0.118. The van der Waals surface area contributed by atoms with Crippen LogP contribution in [0.2, 0.25) is 0 Å². The van der Waals surface area contributed by atoms with E-state index in [1.165, 1.54) is 5.56 Å². The van der Waals surface area contributed by atoms with Crippen molar-refractivity contribution >= 4 is 17.5 Å². The highest BCUT2D eigenvalue weighted by Crippen LogP contribution is 2.29. The first kappa shape index (κ1) is 18.2. The van der Waals surface area contributed by atoms with Crippen LogP contribution in [-0.2, 0) is 24.2 Å². The lowest BCUT2D eigenvalue weighted by Gasteiger charge is -2.19. The van der Waals surface area contributed by atoms with E-state index in [2.05, 4.69) is 31.2 Å². The first-order valence-electron chi connectivity index (χ1n) is 9.30. The maximum atomic E-state index is 12.8. The van der Waals surface area contributed by atoms with E-state index in [9.17, 15) is 9.59 Å². The molecule has 0 N–H and O–H groups in total. The van der Waals surface area contributed by atoms with Gasteiger partial charge in [0.05, 0.1) is 0 Å². The van der Waals surface area contributed by atoms with Gasteiger partial charge in [-0.1, -0.05) is 38.1 Å². The Labute approximate surface area is 155 Å². The number of benzene rings is 2. The van der Waals surface area contributed by atoms with E-state index in [0.29, 0.717) is 25.1 Å². The van der Waals surface area contributed by atoms with E-state index in [1.807, 2.05) is 37.1 Å². The maximum absolute atomic E-state index is 12.8. The molecule has 0 fully saturated rings. The summed E-state index contributed by atoms with van der Waals surface area (Å²) in [6, 6.07) is 14.1. The molecule has 1 aliphatic rings. The van der Waals surface area contributed by atoms with Gasteiger partial charge in [0.1, 0.15) is 0 Å². The maximum Gasteiger partial charge on any atom is 0.253 e. The largest absolute Gasteiger partial charge is 0.337 e. The van der Waals surface area contributed by atoms with Crippen molar-refractivity contribution in [3.05, 3.63) is 64.7 Å². The van der Waals surface area contributed by atoms with Crippen LogP contribution in [0.4, 0.5) is 5.69 Å². The molecular weight excluding hydrogens is 324 g/mol. The van der Waals surface area contributed by atoms with Crippen molar-refractivity contribution in [2.45, 2.75) is 39.7 Å². The molecule has 0 radical (unpaired) electrons. The minimum atomic E-state index is 0.00707. The SMILES string of the molecule is CCC(=O)N1CCc2cc(C(=O)N(C)Cc3ccc(CC)cc3)ccc21. The summed E-state index contributed by atoms with van der Waals surface area (Å²) in [6.45, 7) is 5.30. The van der Waals surface area contributed by atoms with E-state index >= 15 is 0 Å². The van der Waals surface area contributed by atoms with Crippen molar-refractivity contribution in [3.63, 3.8) is 0 Å². The molecule has 26 heavy (non-hydrogen) atoms. The van der Waals surface area contributed by atoms with Crippen LogP contribution >= 0.6 is 0 Å². The number of amides is 2. The standard InChI is InChI=1S/C22H26N2O2/c1-4-16-6-8-17(9-7-16)15-23(3)22(26)19-10-11-20-18(14-19)12-13-24(20)21(25)5-2/h6-11,14H,4-5,12-13,15H2,1-3H3. The van der Waals surface area contributed by atoms with Gasteiger partial charge in [-0.15, -0.1) is 0 Å². The zero-order valence-electron chi connectivity index (χ0n) is 15.8. The van der Waals surface area contributed by atoms with Gasteiger partial charge < -0.3 is 9.80 Å². The second kappa shape index (κ2) is 7.73. The van der Waals surface area contributed by atoms with Crippen LogP contribution in [0.5, 0.6) is 0 Å². The summed E-state index contributed by atoms with van der Waals surface area (Å²) in [7, 11) is 1.83. The molecule has 3 rings (SSSR count). The third-order valence-corrected chi connectivity index (χ3v) is 5.02. The number of carbonyl (C=O) groups excluding carboxylic acids is 2. The number of carbonyl (C=O) groups is 2. The molecule has 1 heterocycles. The fraction of sp³-hybridized carbons (Fsp3) is 0.364. The predicted molar refractivity (Wildman–Crippen MR) is 104 cm³/mol. The number of rotatable bonds is 5. The highest BCUT2D eigenvalue weighted by atomic mass is 16.2. The lowest BCUT2D eigenvalue weighted by atomic mass is 10.1. The average molecular weight is 350 g/mol. The summed E-state index contributed by atoms with van der Waals surface area (Å²) >= 11 is 0. The van der Waals surface area contributed by atoms with Crippen LogP contribution in [0.15, 0.2) is 42.5 Å². The Morgan fingerprint density at radius 3 is 2.38 bits per heavy atom. The topological polar surface area (TPSA) is 40.6 Å². The Morgan fingerprint density at radius 1 is 1.04 bits per heavy atom. The number of anilines is 1. The molecular formula is C22H26N2O2. The van der Waals surface area contributed by atoms with E-state index < -0.39 is 0 Å². The fourth-order valence-corrected chi connectivity index (χ4v) is 3.43. The minimum Gasteiger partial charge on any atom is -0.337 e. The number of hydrogen-bond acceptors (Lipinski definition) is 2. The van der Waals surface area contributed by atoms with E-state index in [-0.39, 0.29) is 11.8 Å². The Morgan fingerprint density at radius 2 is 1.73 bits per heavy atom. The molecule has 2 aromatic rings. The summed E-state index contributed by atoms with van der Waals surface area (Å²) < 4.78 is 0. The Bertz CT molecular complexity index is 811. The van der Waals surface area contributed by atoms with Crippen molar-refractivity contribution in [3.8, 4) is 0 Å². The van der Waals surface area contributed by atoms with Crippen molar-refractivity contribution in [2.75, 3.05) is 18.5 Å². The van der Waals surface area contributed by atoms with Crippen molar-refractivity contribution < 1.29 is 9.59 Å². The molecule has 0 atom stereocenters. The number of nitrogens with zero attached hydrogens (tertiary/aromatic N) is 2. The van der Waals surface area contributed by atoms with E-state index in [1.54, 1.807) is 4.90 Å². The normalized spacial score (nSPS) is 12.8. The Kier molecular flexibility index (Phi) is 5.40. The van der Waals surface area contributed by atoms with E-state index in [4.69, 9.17) is 0 Å². The number of fused-ring (bicyclic) bond motifs is 1. The molecule has 0 saturated heterocycles. The van der Waals surface area contributed by atoms with Gasteiger partial charge in [-0.3, -0.25) is 9.59 Å². The quantitative estimate of drug-likeness (QED) is 0.822. The predicted octanol–water partition coefficient (Wildman–Crippen LogP) is 3.82. The van der Waals surface area contributed by atoms with Gasteiger partial charge in [0.25, 0.3) is 5.91 Å². The van der Waals surface area contributed by atoms with Crippen LogP contribution in [0.25, 0.3) is 0 Å². The summed E-state index contributed by atoms with van der Waals surface area (Å²) in [6.07, 6.45) is 2.33. The van der Waals surface area contributed by atoms with Crippen molar-refractivity contribution in [1.29, 1.82) is 0 Å². The molecule has 0 aliphatic carbocycles. The van der Waals surface area contributed by atoms with Gasteiger partial charge in [0, 0.05) is 37.8 Å². The number of hydrogen-bond donors (Lipinski definition) is 0. The second-order valence-corrected chi connectivity index (χ2v) is 6.82. The highest BCUT2D eigenvalue weighted by Gasteiger charge is 2.25. The van der Waals surface area contributed by atoms with Crippen LogP contribution < -0.4 is 4.90 Å². The van der Waals surface area contributed by atoms with Gasteiger partial charge in [0.2, 0.25) is 5.91 Å². The molecule has 4 heteroatoms. The zero-order chi connectivity index (χ0) is 18.7. The van der Waals surface area contributed by atoms with Crippen LogP contribution in [0, 0.1) is 0 Å². The molecule has 136 valence electrons. The fourth-order valence-electron chi connectivity index (χ4n) is 3.43. The van der Waals surface area contributed by atoms with Crippen LogP contribution in [0.3, 0.4) is 0 Å². The lowest BCUT2D eigenvalue weighted by Crippen LogP contribution is -2.28. The van der Waals surface area contributed by atoms with Crippen molar-refractivity contribution in [2.24, 2.45) is 0 Å². The average Bonchev–Trinajstić information content (AvgIpc) is 3.10. The number of aryl methyl sites for hydroxylation is 1. The first-order chi connectivity index (χ1) is 12.5. The molecule has 0 bridgehead atoms. The summed E-state index contributed by atoms with van der Waals surface area (Å²) in [4.78, 5) is 28.4. The van der Waals surface area contributed by atoms with Gasteiger partial charge in [0.15, 0.2) is 0 Å². The third-order valence-electron chi connectivity index (χ3n) is 5.02. The summed E-state index contributed by atoms with van der Waals surface area (Å²) in [5.41, 5.74) is 5.14. The van der Waals surface area contributed by atoms with Crippen LogP contribution in [0.1, 0.15) is 47.3 Å². The van der Waals surface area contributed by atoms with Gasteiger partial charge in [-0.25, -0.2) is 0 Å². The summed E-state index contributed by atoms with van der Waals surface area (Å²) in [5.74, 6) is 0.142. The van der Waals surface area contributed by atoms with E-state index in [0.717, 1.165) is 29.7 Å². The summed E-state index contributed by atoms with van der Waals surface area (Å²) in [5, 5.41) is 0. The zero-order valence-corrected chi connectivity index (χ0v) is 15.8. The molecule has 2 aromatic carbocycles. The molecule has 0 saturated carbocycles. The van der Waals surface area contributed by atoms with Crippen LogP contribution in [-0.4, -0.2) is 30.3 Å². The molecule has 0 unspecified atom stereocenters. The molecule has 0 spiro atoms. The Hall–Kier alpha value is -2.62.